The van der Waals surface area contributed by atoms with Crippen LogP contribution in [0.25, 0.3) is 0 Å². The van der Waals surface area contributed by atoms with Gasteiger partial charge >= 0.3 is 12.4 Å². The van der Waals surface area contributed by atoms with E-state index >= 15 is 0 Å². The minimum atomic E-state index is -5.04. The fraction of sp³-hybridized carbons (Fsp3) is 0.519. The molecule has 1 aliphatic heterocycles. The van der Waals surface area contributed by atoms with Crippen LogP contribution in [-0.2, 0) is 32.2 Å². The SMILES string of the molecule is O=C(NC1(c2ccccc2)CCC2(CC1)OCCO2)C(CCCO)c1cc(C(F)(F)F)cc(C(F)(F)F)c1. The number of carbonyl (C=O) groups is 1. The zero-order valence-electron chi connectivity index (χ0n) is 20.5. The first-order chi connectivity index (χ1) is 17.9. The molecule has 1 heterocycles. The number of carbonyl (C=O) groups excluding carboxylic acids is 1. The second-order valence-electron chi connectivity index (χ2n) is 9.80. The molecule has 1 spiro atoms. The van der Waals surface area contributed by atoms with E-state index in [-0.39, 0.29) is 25.5 Å². The van der Waals surface area contributed by atoms with Crippen LogP contribution < -0.4 is 5.32 Å². The molecule has 2 aliphatic rings. The Kier molecular flexibility index (Phi) is 8.11. The standard InChI is InChI=1S/C27H29F6NO4/c28-26(29,30)20-15-18(16-21(17-20)27(31,32)33)22(7-4-12-35)23(36)34-24(19-5-2-1-3-6-19)8-10-25(11-9-24)37-13-14-38-25/h1-3,5-6,15-17,22,35H,4,7-14H2,(H,34,36). The van der Waals surface area contributed by atoms with Crippen molar-refractivity contribution in [3.05, 3.63) is 70.8 Å². The first kappa shape index (κ1) is 28.4. The highest BCUT2D eigenvalue weighted by Crippen LogP contribution is 2.46. The summed E-state index contributed by atoms with van der Waals surface area (Å²) in [6, 6.07) is 10.2. The van der Waals surface area contributed by atoms with Gasteiger partial charge in [0, 0.05) is 19.4 Å². The van der Waals surface area contributed by atoms with Crippen molar-refractivity contribution in [2.75, 3.05) is 19.8 Å². The molecule has 1 saturated carbocycles. The molecule has 4 rings (SSSR count). The van der Waals surface area contributed by atoms with Crippen LogP contribution in [0.5, 0.6) is 0 Å². The lowest BCUT2D eigenvalue weighted by Gasteiger charge is -2.45. The predicted molar refractivity (Wildman–Crippen MR) is 125 cm³/mol. The maximum absolute atomic E-state index is 13.7. The average Bonchev–Trinajstić information content (AvgIpc) is 3.33. The van der Waals surface area contributed by atoms with Gasteiger partial charge in [-0.1, -0.05) is 30.3 Å². The van der Waals surface area contributed by atoms with E-state index in [0.717, 1.165) is 5.56 Å². The molecule has 2 fully saturated rings. The molecule has 0 aromatic heterocycles. The summed E-state index contributed by atoms with van der Waals surface area (Å²) in [5.41, 5.74) is -3.54. The lowest BCUT2D eigenvalue weighted by molar-refractivity contribution is -0.187. The highest BCUT2D eigenvalue weighted by Gasteiger charge is 2.48. The lowest BCUT2D eigenvalue weighted by Crippen LogP contribution is -2.53. The zero-order valence-corrected chi connectivity index (χ0v) is 20.5. The van der Waals surface area contributed by atoms with E-state index in [0.29, 0.717) is 51.0 Å². The third-order valence-corrected chi connectivity index (χ3v) is 7.35. The summed E-state index contributed by atoms with van der Waals surface area (Å²) >= 11 is 0. The third kappa shape index (κ3) is 6.16. The van der Waals surface area contributed by atoms with Crippen molar-refractivity contribution < 1.29 is 45.7 Å². The number of hydrogen-bond donors (Lipinski definition) is 2. The van der Waals surface area contributed by atoms with Crippen LogP contribution >= 0.6 is 0 Å². The highest BCUT2D eigenvalue weighted by molar-refractivity contribution is 5.84. The molecular weight excluding hydrogens is 516 g/mol. The van der Waals surface area contributed by atoms with Gasteiger partial charge < -0.3 is 19.9 Å². The molecule has 11 heteroatoms. The average molecular weight is 546 g/mol. The topological polar surface area (TPSA) is 67.8 Å². The van der Waals surface area contributed by atoms with Gasteiger partial charge in [0.1, 0.15) is 0 Å². The summed E-state index contributed by atoms with van der Waals surface area (Å²) in [5, 5.41) is 12.3. The molecule has 1 amide bonds. The molecule has 1 atom stereocenters. The van der Waals surface area contributed by atoms with Gasteiger partial charge in [-0.25, -0.2) is 0 Å². The molecule has 1 saturated heterocycles. The van der Waals surface area contributed by atoms with E-state index < -0.39 is 52.2 Å². The largest absolute Gasteiger partial charge is 0.416 e. The van der Waals surface area contributed by atoms with Crippen molar-refractivity contribution in [1.29, 1.82) is 0 Å². The molecule has 1 aliphatic carbocycles. The fourth-order valence-corrected chi connectivity index (χ4v) is 5.33. The van der Waals surface area contributed by atoms with Gasteiger partial charge in [0.25, 0.3) is 0 Å². The number of aliphatic hydroxyl groups is 1. The summed E-state index contributed by atoms with van der Waals surface area (Å²) in [4.78, 5) is 13.7. The summed E-state index contributed by atoms with van der Waals surface area (Å²) in [6.45, 7) is 0.520. The second-order valence-corrected chi connectivity index (χ2v) is 9.80. The van der Waals surface area contributed by atoms with Gasteiger partial charge in [-0.15, -0.1) is 0 Å². The van der Waals surface area contributed by atoms with Crippen molar-refractivity contribution in [2.45, 2.75) is 68.1 Å². The Morgan fingerprint density at radius 3 is 1.95 bits per heavy atom. The van der Waals surface area contributed by atoms with Gasteiger partial charge in [0.2, 0.25) is 5.91 Å². The summed E-state index contributed by atoms with van der Waals surface area (Å²) < 4.78 is 92.7. The van der Waals surface area contributed by atoms with Crippen LogP contribution in [0.1, 0.15) is 66.7 Å². The molecule has 38 heavy (non-hydrogen) atoms. The van der Waals surface area contributed by atoms with Gasteiger partial charge in [0.05, 0.1) is 35.8 Å². The van der Waals surface area contributed by atoms with E-state index in [4.69, 9.17) is 9.47 Å². The van der Waals surface area contributed by atoms with Crippen LogP contribution in [0.15, 0.2) is 48.5 Å². The number of amides is 1. The Morgan fingerprint density at radius 1 is 0.895 bits per heavy atom. The van der Waals surface area contributed by atoms with E-state index in [2.05, 4.69) is 5.32 Å². The minimum Gasteiger partial charge on any atom is -0.396 e. The van der Waals surface area contributed by atoms with E-state index in [1.165, 1.54) is 0 Å². The zero-order chi connectivity index (χ0) is 27.6. The van der Waals surface area contributed by atoms with Crippen molar-refractivity contribution in [3.8, 4) is 0 Å². The Hall–Kier alpha value is -2.63. The van der Waals surface area contributed by atoms with Crippen LogP contribution in [0.3, 0.4) is 0 Å². The number of hydrogen-bond acceptors (Lipinski definition) is 4. The molecule has 2 N–H and O–H groups in total. The number of rotatable bonds is 7. The predicted octanol–water partition coefficient (Wildman–Crippen LogP) is 5.91. The molecule has 1 unspecified atom stereocenters. The summed E-state index contributed by atoms with van der Waals surface area (Å²) in [7, 11) is 0. The maximum atomic E-state index is 13.7. The van der Waals surface area contributed by atoms with Crippen molar-refractivity contribution in [1.82, 2.24) is 5.32 Å². The minimum absolute atomic E-state index is 0.0127. The Bertz CT molecular complexity index is 1070. The third-order valence-electron chi connectivity index (χ3n) is 7.35. The van der Waals surface area contributed by atoms with Crippen LogP contribution in [0.2, 0.25) is 0 Å². The van der Waals surface area contributed by atoms with E-state index in [9.17, 15) is 36.2 Å². The quantitative estimate of drug-likeness (QED) is 0.425. The normalized spacial score (nSPS) is 19.9. The molecular formula is C27H29F6NO4. The Balaban J connectivity index is 1.70. The molecule has 2 aromatic carbocycles. The number of halogens is 6. The maximum Gasteiger partial charge on any atom is 0.416 e. The van der Waals surface area contributed by atoms with Gasteiger partial charge in [-0.2, -0.15) is 26.3 Å². The highest BCUT2D eigenvalue weighted by atomic mass is 19.4. The Morgan fingerprint density at radius 2 is 1.45 bits per heavy atom. The first-order valence-electron chi connectivity index (χ1n) is 12.4. The number of nitrogens with one attached hydrogen (secondary N) is 1. The van der Waals surface area contributed by atoms with Crippen molar-refractivity contribution in [2.24, 2.45) is 0 Å². The van der Waals surface area contributed by atoms with Crippen LogP contribution in [-0.4, -0.2) is 36.6 Å². The first-order valence-corrected chi connectivity index (χ1v) is 12.4. The number of aliphatic hydroxyl groups excluding tert-OH is 1. The second kappa shape index (κ2) is 10.9. The summed E-state index contributed by atoms with van der Waals surface area (Å²) in [6.07, 6.45) is -8.52. The number of alkyl halides is 6. The van der Waals surface area contributed by atoms with Gasteiger partial charge in [-0.05, 0) is 55.0 Å². The molecule has 5 nitrogen and oxygen atoms in total. The molecule has 0 radical (unpaired) electrons. The monoisotopic (exact) mass is 545 g/mol. The number of benzene rings is 2. The van der Waals surface area contributed by atoms with E-state index in [1.54, 1.807) is 18.2 Å². The van der Waals surface area contributed by atoms with Gasteiger partial charge in [0.15, 0.2) is 5.79 Å². The van der Waals surface area contributed by atoms with Crippen molar-refractivity contribution in [3.63, 3.8) is 0 Å². The molecule has 208 valence electrons. The Labute approximate surface area is 216 Å². The van der Waals surface area contributed by atoms with Gasteiger partial charge in [-0.3, -0.25) is 4.79 Å². The summed E-state index contributed by atoms with van der Waals surface area (Å²) in [5.74, 6) is -2.82. The molecule has 0 bridgehead atoms. The molecule has 2 aromatic rings. The number of ether oxygens (including phenoxy) is 2. The lowest BCUT2D eigenvalue weighted by atomic mass is 9.73. The van der Waals surface area contributed by atoms with Crippen LogP contribution in [0, 0.1) is 0 Å². The smallest absolute Gasteiger partial charge is 0.396 e. The fourth-order valence-electron chi connectivity index (χ4n) is 5.33. The van der Waals surface area contributed by atoms with E-state index in [1.807, 2.05) is 12.1 Å². The van der Waals surface area contributed by atoms with Crippen LogP contribution in [0.4, 0.5) is 26.3 Å². The van der Waals surface area contributed by atoms with Crippen molar-refractivity contribution >= 4 is 5.91 Å².